The van der Waals surface area contributed by atoms with Crippen LogP contribution in [0.25, 0.3) is 22.2 Å². The number of amides is 1. The van der Waals surface area contributed by atoms with Gasteiger partial charge in [0.25, 0.3) is 0 Å². The highest BCUT2D eigenvalue weighted by Gasteiger charge is 2.38. The number of piperazine rings is 1. The number of nitrogens with zero attached hydrogens (tertiary/aromatic N) is 4. The number of rotatable bonds is 4. The molecule has 2 aliphatic rings. The van der Waals surface area contributed by atoms with Crippen LogP contribution in [0.15, 0.2) is 53.0 Å². The predicted octanol–water partition coefficient (Wildman–Crippen LogP) is 4.60. The fourth-order valence-corrected chi connectivity index (χ4v) is 5.49. The summed E-state index contributed by atoms with van der Waals surface area (Å²) in [5, 5.41) is 10.6. The Morgan fingerprint density at radius 3 is 2.32 bits per heavy atom. The van der Waals surface area contributed by atoms with E-state index in [2.05, 4.69) is 20.8 Å². The summed E-state index contributed by atoms with van der Waals surface area (Å²) in [7, 11) is 0. The van der Waals surface area contributed by atoms with Crippen molar-refractivity contribution in [2.24, 2.45) is 11.8 Å². The van der Waals surface area contributed by atoms with Gasteiger partial charge in [-0.15, -0.1) is 0 Å². The second-order valence-electron chi connectivity index (χ2n) is 9.05. The van der Waals surface area contributed by atoms with E-state index in [1.165, 1.54) is 0 Å². The minimum Gasteiger partial charge on any atom is -0.481 e. The Kier molecular flexibility index (Phi) is 6.50. The molecular weight excluding hydrogens is 496 g/mol. The fourth-order valence-electron chi connectivity index (χ4n) is 5.13. The van der Waals surface area contributed by atoms with Crippen molar-refractivity contribution in [2.45, 2.75) is 25.7 Å². The number of carboxylic acid groups (broad SMARTS) is 1. The highest BCUT2D eigenvalue weighted by atomic mass is 79.9. The molecule has 1 saturated carbocycles. The van der Waals surface area contributed by atoms with E-state index in [0.717, 1.165) is 39.5 Å². The molecule has 8 heteroatoms. The summed E-state index contributed by atoms with van der Waals surface area (Å²) in [5.41, 5.74) is 2.78. The lowest BCUT2D eigenvalue weighted by atomic mass is 9.78. The maximum Gasteiger partial charge on any atom is 0.307 e. The standard InChI is InChI=1S/C26H27BrN4O3/c27-18-10-11-22-21(16-18)23(17-6-2-1-3-7-17)29-26(28-22)31-14-12-30(13-15-31)24(32)19-8-4-5-9-20(19)25(33)34/h1-3,6-7,10-11,16,19-20H,4-5,8-9,12-15H2,(H,33,34). The summed E-state index contributed by atoms with van der Waals surface area (Å²) < 4.78 is 0.975. The Balaban J connectivity index is 1.37. The summed E-state index contributed by atoms with van der Waals surface area (Å²) in [4.78, 5) is 38.6. The molecule has 1 saturated heterocycles. The monoisotopic (exact) mass is 522 g/mol. The van der Waals surface area contributed by atoms with Crippen LogP contribution in [0.5, 0.6) is 0 Å². The van der Waals surface area contributed by atoms with Crippen LogP contribution in [0.1, 0.15) is 25.7 Å². The minimum atomic E-state index is -0.846. The zero-order valence-electron chi connectivity index (χ0n) is 18.9. The van der Waals surface area contributed by atoms with Crippen molar-refractivity contribution in [2.75, 3.05) is 31.1 Å². The molecule has 176 valence electrons. The van der Waals surface area contributed by atoms with Gasteiger partial charge in [-0.25, -0.2) is 9.97 Å². The number of anilines is 1. The van der Waals surface area contributed by atoms with Gasteiger partial charge in [-0.05, 0) is 31.0 Å². The van der Waals surface area contributed by atoms with E-state index in [1.807, 2.05) is 53.4 Å². The van der Waals surface area contributed by atoms with Crippen LogP contribution in [0.4, 0.5) is 5.95 Å². The summed E-state index contributed by atoms with van der Waals surface area (Å²) in [6.07, 6.45) is 3.06. The van der Waals surface area contributed by atoms with Crippen molar-refractivity contribution >= 4 is 44.7 Å². The van der Waals surface area contributed by atoms with E-state index in [9.17, 15) is 14.7 Å². The maximum atomic E-state index is 13.2. The van der Waals surface area contributed by atoms with E-state index in [4.69, 9.17) is 9.97 Å². The second-order valence-corrected chi connectivity index (χ2v) is 9.96. The number of carboxylic acids is 1. The van der Waals surface area contributed by atoms with Crippen LogP contribution in [0.2, 0.25) is 0 Å². The molecule has 1 aliphatic heterocycles. The third-order valence-electron chi connectivity index (χ3n) is 6.97. The summed E-state index contributed by atoms with van der Waals surface area (Å²) in [6, 6.07) is 16.1. The van der Waals surface area contributed by atoms with Crippen molar-refractivity contribution in [1.82, 2.24) is 14.9 Å². The highest BCUT2D eigenvalue weighted by Crippen LogP contribution is 2.33. The second kappa shape index (κ2) is 9.70. The lowest BCUT2D eigenvalue weighted by Gasteiger charge is -2.38. The number of fused-ring (bicyclic) bond motifs is 1. The van der Waals surface area contributed by atoms with Crippen molar-refractivity contribution in [1.29, 1.82) is 0 Å². The Hall–Kier alpha value is -3.00. The molecule has 2 heterocycles. The third-order valence-corrected chi connectivity index (χ3v) is 7.46. The van der Waals surface area contributed by atoms with Crippen molar-refractivity contribution in [3.8, 4) is 11.3 Å². The minimum absolute atomic E-state index is 0.0130. The van der Waals surface area contributed by atoms with Crippen LogP contribution in [-0.4, -0.2) is 58.0 Å². The lowest BCUT2D eigenvalue weighted by Crippen LogP contribution is -2.52. The third kappa shape index (κ3) is 4.51. The largest absolute Gasteiger partial charge is 0.481 e. The van der Waals surface area contributed by atoms with Gasteiger partial charge < -0.3 is 14.9 Å². The van der Waals surface area contributed by atoms with Crippen molar-refractivity contribution in [3.05, 3.63) is 53.0 Å². The molecule has 0 radical (unpaired) electrons. The molecule has 1 aliphatic carbocycles. The zero-order valence-corrected chi connectivity index (χ0v) is 20.4. The first-order chi connectivity index (χ1) is 16.5. The first-order valence-electron chi connectivity index (χ1n) is 11.8. The zero-order chi connectivity index (χ0) is 23.7. The Morgan fingerprint density at radius 2 is 1.62 bits per heavy atom. The van der Waals surface area contributed by atoms with Gasteiger partial charge in [-0.1, -0.05) is 59.1 Å². The number of carbonyl (C=O) groups is 2. The van der Waals surface area contributed by atoms with Crippen LogP contribution in [-0.2, 0) is 9.59 Å². The molecule has 1 N–H and O–H groups in total. The number of hydrogen-bond donors (Lipinski definition) is 1. The fraction of sp³-hybridized carbons (Fsp3) is 0.385. The first kappa shape index (κ1) is 22.8. The van der Waals surface area contributed by atoms with Gasteiger partial charge in [0.2, 0.25) is 11.9 Å². The molecule has 34 heavy (non-hydrogen) atoms. The molecule has 3 aromatic rings. The van der Waals surface area contributed by atoms with E-state index in [-0.39, 0.29) is 5.91 Å². The van der Waals surface area contributed by atoms with Gasteiger partial charge in [0.15, 0.2) is 0 Å². The molecule has 1 amide bonds. The maximum absolute atomic E-state index is 13.2. The SMILES string of the molecule is O=C(O)C1CCCCC1C(=O)N1CCN(c2nc(-c3ccccc3)c3cc(Br)ccc3n2)CC1. The first-order valence-corrected chi connectivity index (χ1v) is 12.6. The lowest BCUT2D eigenvalue weighted by molar-refractivity contribution is -0.152. The smallest absolute Gasteiger partial charge is 0.307 e. The number of aliphatic carboxylic acids is 1. The Labute approximate surface area is 206 Å². The number of carbonyl (C=O) groups excluding carboxylic acids is 1. The molecule has 2 unspecified atom stereocenters. The van der Waals surface area contributed by atoms with E-state index in [1.54, 1.807) is 0 Å². The Morgan fingerprint density at radius 1 is 0.912 bits per heavy atom. The Bertz CT molecular complexity index is 1210. The van der Waals surface area contributed by atoms with Gasteiger partial charge >= 0.3 is 5.97 Å². The number of benzene rings is 2. The average Bonchev–Trinajstić information content (AvgIpc) is 2.88. The molecule has 2 atom stereocenters. The summed E-state index contributed by atoms with van der Waals surface area (Å²) in [5.74, 6) is -1.17. The van der Waals surface area contributed by atoms with E-state index >= 15 is 0 Å². The normalized spacial score (nSPS) is 21.0. The molecule has 1 aromatic heterocycles. The van der Waals surface area contributed by atoms with Gasteiger partial charge in [0.1, 0.15) is 0 Å². The van der Waals surface area contributed by atoms with E-state index < -0.39 is 17.8 Å². The molecule has 5 rings (SSSR count). The van der Waals surface area contributed by atoms with Crippen LogP contribution in [0, 0.1) is 11.8 Å². The van der Waals surface area contributed by atoms with Crippen LogP contribution >= 0.6 is 15.9 Å². The van der Waals surface area contributed by atoms with Gasteiger partial charge in [0, 0.05) is 41.6 Å². The number of hydrogen-bond acceptors (Lipinski definition) is 5. The number of aromatic nitrogens is 2. The van der Waals surface area contributed by atoms with Crippen molar-refractivity contribution < 1.29 is 14.7 Å². The van der Waals surface area contributed by atoms with Crippen LogP contribution in [0.3, 0.4) is 0 Å². The quantitative estimate of drug-likeness (QED) is 0.538. The predicted molar refractivity (Wildman–Crippen MR) is 135 cm³/mol. The van der Waals surface area contributed by atoms with Gasteiger partial charge in [0.05, 0.1) is 23.0 Å². The molecule has 2 aromatic carbocycles. The average molecular weight is 523 g/mol. The molecule has 7 nitrogen and oxygen atoms in total. The van der Waals surface area contributed by atoms with Gasteiger partial charge in [-0.3, -0.25) is 9.59 Å². The van der Waals surface area contributed by atoms with Crippen LogP contribution < -0.4 is 4.90 Å². The highest BCUT2D eigenvalue weighted by molar-refractivity contribution is 9.10. The van der Waals surface area contributed by atoms with E-state index in [0.29, 0.717) is 45.0 Å². The molecule has 2 fully saturated rings. The van der Waals surface area contributed by atoms with Crippen molar-refractivity contribution in [3.63, 3.8) is 0 Å². The molecular formula is C26H27BrN4O3. The number of halogens is 1. The molecule has 0 bridgehead atoms. The van der Waals surface area contributed by atoms with Gasteiger partial charge in [-0.2, -0.15) is 0 Å². The molecule has 0 spiro atoms. The summed E-state index contributed by atoms with van der Waals surface area (Å²) >= 11 is 3.56. The topological polar surface area (TPSA) is 86.6 Å². The summed E-state index contributed by atoms with van der Waals surface area (Å²) in [6.45, 7) is 2.33.